The highest BCUT2D eigenvalue weighted by Crippen LogP contribution is 2.35. The lowest BCUT2D eigenvalue weighted by Crippen LogP contribution is -2.55. The van der Waals surface area contributed by atoms with Gasteiger partial charge in [0.1, 0.15) is 11.9 Å². The standard InChI is InChI=1S/C19H19ClFN5O3S2/c1-25-9-15(22-10-25)18-6-5-17(30-18)14-8-16(26(2)31(28,29)24-14)19(27)23-11-3-4-13(21)12(20)7-11/h3-7,9-10,14,16,24H,8H2,1-2H3,(H,23,27)/t14-,16+/m0/s1/i1D3,2D3. The smallest absolute Gasteiger partial charge is 0.280 e. The fraction of sp³-hybridized carbons (Fsp3) is 0.263. The summed E-state index contributed by atoms with van der Waals surface area (Å²) in [5.41, 5.74) is 0.398. The predicted molar refractivity (Wildman–Crippen MR) is 118 cm³/mol. The number of anilines is 1. The lowest BCUT2D eigenvalue weighted by atomic mass is 10.1. The Morgan fingerprint density at radius 1 is 1.39 bits per heavy atom. The Kier molecular flexibility index (Phi) is 4.16. The molecule has 1 aliphatic heterocycles. The van der Waals surface area contributed by atoms with Crippen molar-refractivity contribution in [2.45, 2.75) is 18.5 Å². The number of rotatable bonds is 4. The van der Waals surface area contributed by atoms with Gasteiger partial charge in [-0.25, -0.2) is 9.37 Å². The minimum Gasteiger partial charge on any atom is -0.340 e. The van der Waals surface area contributed by atoms with Gasteiger partial charge in [0.15, 0.2) is 0 Å². The molecule has 2 aromatic heterocycles. The van der Waals surface area contributed by atoms with Crippen LogP contribution in [0.5, 0.6) is 0 Å². The normalized spacial score (nSPS) is 24.8. The first-order valence-electron chi connectivity index (χ1n) is 11.8. The third-order valence-corrected chi connectivity index (χ3v) is 7.45. The number of benzene rings is 1. The summed E-state index contributed by atoms with van der Waals surface area (Å²) in [4.78, 5) is 18.2. The summed E-state index contributed by atoms with van der Waals surface area (Å²) in [6, 6.07) is 3.91. The number of hydrogen-bond acceptors (Lipinski definition) is 5. The Labute approximate surface area is 196 Å². The second-order valence-electron chi connectivity index (χ2n) is 6.71. The number of hydrogen-bond donors (Lipinski definition) is 2. The Morgan fingerprint density at radius 3 is 2.94 bits per heavy atom. The van der Waals surface area contributed by atoms with Gasteiger partial charge in [0.25, 0.3) is 10.2 Å². The van der Waals surface area contributed by atoms with Crippen LogP contribution < -0.4 is 10.0 Å². The molecule has 1 aliphatic rings. The summed E-state index contributed by atoms with van der Waals surface area (Å²) in [5.74, 6) is -1.67. The summed E-state index contributed by atoms with van der Waals surface area (Å²) >= 11 is 6.85. The van der Waals surface area contributed by atoms with Crippen LogP contribution in [0.1, 0.15) is 25.6 Å². The number of likely N-dealkylation sites (N-methyl/N-ethyl adjacent to an activating group) is 1. The fourth-order valence-electron chi connectivity index (χ4n) is 3.09. The van der Waals surface area contributed by atoms with Crippen molar-refractivity contribution in [1.29, 1.82) is 0 Å². The Hall–Kier alpha value is -2.31. The maximum Gasteiger partial charge on any atom is 0.280 e. The van der Waals surface area contributed by atoms with Crippen molar-refractivity contribution >= 4 is 44.7 Å². The van der Waals surface area contributed by atoms with Crippen molar-refractivity contribution in [3.05, 3.63) is 58.6 Å². The van der Waals surface area contributed by atoms with Crippen LogP contribution in [0.15, 0.2) is 42.9 Å². The molecule has 0 aliphatic carbocycles. The van der Waals surface area contributed by atoms with Crippen LogP contribution >= 0.6 is 22.9 Å². The molecule has 2 N–H and O–H groups in total. The molecule has 8 nitrogen and oxygen atoms in total. The molecule has 3 heterocycles. The lowest BCUT2D eigenvalue weighted by molar-refractivity contribution is -0.120. The van der Waals surface area contributed by atoms with Gasteiger partial charge in [0, 0.05) is 38.9 Å². The van der Waals surface area contributed by atoms with Gasteiger partial charge < -0.3 is 9.88 Å². The molecule has 0 bridgehead atoms. The molecule has 164 valence electrons. The number of amides is 1. The number of nitrogens with zero attached hydrogens (tertiary/aromatic N) is 3. The SMILES string of the molecule is [2H]C([2H])([2H])N1[C@@H](C(=O)Nc2ccc(F)c(Cl)c2)C[C@@H](c2ccc(-c3cn(C([2H])([2H])[2H])cn3)s2)NS1(=O)=O. The van der Waals surface area contributed by atoms with E-state index >= 15 is 0 Å². The van der Waals surface area contributed by atoms with E-state index in [-0.39, 0.29) is 21.4 Å². The molecule has 0 radical (unpaired) electrons. The Balaban J connectivity index is 1.64. The van der Waals surface area contributed by atoms with Gasteiger partial charge in [-0.05, 0) is 36.8 Å². The van der Waals surface area contributed by atoms with Crippen LogP contribution in [0.2, 0.25) is 5.02 Å². The average Bonchev–Trinajstić information content (AvgIpc) is 3.43. The predicted octanol–water partition coefficient (Wildman–Crippen LogP) is 3.16. The molecule has 1 aromatic carbocycles. The zero-order valence-corrected chi connectivity index (χ0v) is 17.9. The maximum absolute atomic E-state index is 13.5. The van der Waals surface area contributed by atoms with Crippen LogP contribution in [0.4, 0.5) is 10.1 Å². The van der Waals surface area contributed by atoms with E-state index in [0.717, 1.165) is 34.4 Å². The summed E-state index contributed by atoms with van der Waals surface area (Å²) in [6.45, 7) is -5.60. The van der Waals surface area contributed by atoms with Gasteiger partial charge in [-0.2, -0.15) is 17.4 Å². The highest BCUT2D eigenvalue weighted by molar-refractivity contribution is 7.87. The van der Waals surface area contributed by atoms with Crippen LogP contribution in [0.3, 0.4) is 0 Å². The topological polar surface area (TPSA) is 96.3 Å². The fourth-order valence-corrected chi connectivity index (χ4v) is 5.59. The molecule has 1 amide bonds. The number of nitrogens with one attached hydrogen (secondary N) is 2. The molecule has 12 heteroatoms. The molecule has 2 atom stereocenters. The van der Waals surface area contributed by atoms with Crippen molar-refractivity contribution < 1.29 is 25.8 Å². The number of thiophene rings is 1. The largest absolute Gasteiger partial charge is 0.340 e. The van der Waals surface area contributed by atoms with E-state index in [4.69, 9.17) is 19.8 Å². The third-order valence-electron chi connectivity index (χ3n) is 4.59. The molecule has 4 rings (SSSR count). The number of carbonyl (C=O) groups is 1. The summed E-state index contributed by atoms with van der Waals surface area (Å²) in [5, 5.41) is 2.12. The second-order valence-corrected chi connectivity index (χ2v) is 9.81. The average molecular weight is 490 g/mol. The van der Waals surface area contributed by atoms with Crippen molar-refractivity contribution in [2.75, 3.05) is 12.3 Å². The van der Waals surface area contributed by atoms with E-state index in [0.29, 0.717) is 15.4 Å². The zero-order valence-electron chi connectivity index (χ0n) is 21.5. The number of halogens is 2. The molecule has 0 unspecified atom stereocenters. The second kappa shape index (κ2) is 8.32. The quantitative estimate of drug-likeness (QED) is 0.588. The maximum atomic E-state index is 13.5. The van der Waals surface area contributed by atoms with E-state index < -0.39 is 48.0 Å². The molecule has 1 fully saturated rings. The highest BCUT2D eigenvalue weighted by Gasteiger charge is 2.41. The molecular weight excluding hydrogens is 465 g/mol. The zero-order chi connectivity index (χ0) is 27.3. The van der Waals surface area contributed by atoms with E-state index in [9.17, 15) is 17.6 Å². The lowest BCUT2D eigenvalue weighted by Gasteiger charge is -2.35. The minimum absolute atomic E-state index is 0.0534. The molecule has 0 spiro atoms. The van der Waals surface area contributed by atoms with Gasteiger partial charge in [-0.15, -0.1) is 11.3 Å². The number of carbonyl (C=O) groups excluding carboxylic acids is 1. The van der Waals surface area contributed by atoms with Crippen LogP contribution in [0.25, 0.3) is 10.6 Å². The van der Waals surface area contributed by atoms with Crippen molar-refractivity contribution in [1.82, 2.24) is 18.6 Å². The minimum atomic E-state index is -4.66. The van der Waals surface area contributed by atoms with E-state index in [1.165, 1.54) is 12.3 Å². The van der Waals surface area contributed by atoms with E-state index in [1.54, 1.807) is 12.1 Å². The first-order chi connectivity index (χ1) is 17.1. The highest BCUT2D eigenvalue weighted by atomic mass is 35.5. The monoisotopic (exact) mass is 489 g/mol. The summed E-state index contributed by atoms with van der Waals surface area (Å²) < 4.78 is 88.4. The first kappa shape index (κ1) is 15.5. The van der Waals surface area contributed by atoms with Crippen molar-refractivity contribution in [3.8, 4) is 10.6 Å². The Morgan fingerprint density at radius 2 is 2.23 bits per heavy atom. The number of imidazole rings is 1. The third kappa shape index (κ3) is 4.51. The molecular formula is C19H19ClFN5O3S2. The molecule has 31 heavy (non-hydrogen) atoms. The van der Waals surface area contributed by atoms with Crippen molar-refractivity contribution in [2.24, 2.45) is 6.98 Å². The summed E-state index contributed by atoms with van der Waals surface area (Å²) in [7, 11) is -4.66. The van der Waals surface area contributed by atoms with Crippen LogP contribution in [0, 0.1) is 5.82 Å². The van der Waals surface area contributed by atoms with E-state index in [2.05, 4.69) is 15.0 Å². The molecule has 3 aromatic rings. The van der Waals surface area contributed by atoms with Crippen LogP contribution in [-0.4, -0.2) is 41.2 Å². The van der Waals surface area contributed by atoms with Gasteiger partial charge in [-0.3, -0.25) is 4.79 Å². The molecule has 0 saturated carbocycles. The molecule has 1 saturated heterocycles. The van der Waals surface area contributed by atoms with Gasteiger partial charge in [0.2, 0.25) is 5.91 Å². The van der Waals surface area contributed by atoms with Gasteiger partial charge in [-0.1, -0.05) is 11.6 Å². The first-order valence-corrected chi connectivity index (χ1v) is 11.4. The van der Waals surface area contributed by atoms with Crippen molar-refractivity contribution in [3.63, 3.8) is 0 Å². The van der Waals surface area contributed by atoms with E-state index in [1.807, 2.05) is 0 Å². The van der Waals surface area contributed by atoms with Gasteiger partial charge >= 0.3 is 0 Å². The van der Waals surface area contributed by atoms with Gasteiger partial charge in [0.05, 0.1) is 28.0 Å². The van der Waals surface area contributed by atoms with Crippen LogP contribution in [-0.2, 0) is 22.0 Å². The number of aromatic nitrogens is 2. The Bertz CT molecular complexity index is 1440. The number of aryl methyl sites for hydroxylation is 1. The summed E-state index contributed by atoms with van der Waals surface area (Å²) in [6.07, 6.45) is 2.23.